The highest BCUT2D eigenvalue weighted by atomic mass is 35.5. The van der Waals surface area contributed by atoms with Crippen LogP contribution in [0.4, 0.5) is 0 Å². The van der Waals surface area contributed by atoms with E-state index in [1.54, 1.807) is 25.1 Å². The molecular weight excluding hydrogens is 359 g/mol. The average molecular weight is 375 g/mol. The van der Waals surface area contributed by atoms with Gasteiger partial charge >= 0.3 is 5.97 Å². The van der Waals surface area contributed by atoms with Crippen LogP contribution in [-0.4, -0.2) is 31.4 Å². The monoisotopic (exact) mass is 374 g/mol. The van der Waals surface area contributed by atoms with Crippen LogP contribution in [-0.2, 0) is 14.3 Å². The maximum Gasteiger partial charge on any atom is 0.338 e. The fourth-order valence-electron chi connectivity index (χ4n) is 2.24. The van der Waals surface area contributed by atoms with E-state index in [2.05, 4.69) is 10.6 Å². The molecule has 0 saturated heterocycles. The van der Waals surface area contributed by atoms with E-state index in [-0.39, 0.29) is 6.61 Å². The molecule has 1 atom stereocenters. The summed E-state index contributed by atoms with van der Waals surface area (Å²) in [6, 6.07) is 4.69. The zero-order valence-electron chi connectivity index (χ0n) is 12.6. The zero-order valence-corrected chi connectivity index (χ0v) is 14.9. The molecule has 0 spiro atoms. The second-order valence-corrected chi connectivity index (χ2v) is 6.04. The third-order valence-electron chi connectivity index (χ3n) is 3.30. The first-order valence-corrected chi connectivity index (χ1v) is 8.00. The molecule has 0 fully saturated rings. The topological polar surface area (TPSA) is 59.6 Å². The Hall–Kier alpha value is -1.34. The van der Waals surface area contributed by atoms with Gasteiger partial charge in [0.15, 0.2) is 5.11 Å². The lowest BCUT2D eigenvalue weighted by atomic mass is 9.95. The first-order chi connectivity index (χ1) is 11.0. The molecule has 23 heavy (non-hydrogen) atoms. The van der Waals surface area contributed by atoms with Crippen LogP contribution in [0.1, 0.15) is 18.5 Å². The van der Waals surface area contributed by atoms with Crippen LogP contribution >= 0.6 is 35.4 Å². The standard InChI is InChI=1S/C15H16Cl2N2O3S/c1-8-11(14(20)22-7-6-21-2)13(19-15(23)18-8)9-4-3-5-10(16)12(9)17/h3-5,13H,6-7H2,1-2H3,(H2,18,19,23)/t13-/m1/s1. The lowest BCUT2D eigenvalue weighted by Gasteiger charge is -2.30. The van der Waals surface area contributed by atoms with Crippen molar-refractivity contribution < 1.29 is 14.3 Å². The Morgan fingerprint density at radius 2 is 2.09 bits per heavy atom. The smallest absolute Gasteiger partial charge is 0.338 e. The number of nitrogens with one attached hydrogen (secondary N) is 2. The summed E-state index contributed by atoms with van der Waals surface area (Å²) in [6.45, 7) is 2.23. The number of esters is 1. The SMILES string of the molecule is COCCOC(=O)C1=C(C)NC(=S)N[C@@H]1c1cccc(Cl)c1Cl. The van der Waals surface area contributed by atoms with Crippen molar-refractivity contribution in [2.24, 2.45) is 0 Å². The van der Waals surface area contributed by atoms with Crippen LogP contribution in [0.15, 0.2) is 29.5 Å². The normalized spacial score (nSPS) is 17.6. The van der Waals surface area contributed by atoms with Gasteiger partial charge in [-0.3, -0.25) is 0 Å². The Labute approximate surface area is 149 Å². The lowest BCUT2D eigenvalue weighted by molar-refractivity contribution is -0.140. The molecule has 1 aliphatic heterocycles. The Kier molecular flexibility index (Phi) is 6.24. The van der Waals surface area contributed by atoms with Crippen molar-refractivity contribution >= 4 is 46.5 Å². The van der Waals surface area contributed by atoms with Crippen molar-refractivity contribution in [3.05, 3.63) is 45.1 Å². The molecule has 1 aliphatic rings. The van der Waals surface area contributed by atoms with Crippen molar-refractivity contribution in [2.45, 2.75) is 13.0 Å². The summed E-state index contributed by atoms with van der Waals surface area (Å²) < 4.78 is 10.1. The Morgan fingerprint density at radius 1 is 1.35 bits per heavy atom. The average Bonchev–Trinajstić information content (AvgIpc) is 2.49. The maximum atomic E-state index is 12.4. The molecular formula is C15H16Cl2N2O3S. The number of rotatable bonds is 5. The van der Waals surface area contributed by atoms with Gasteiger partial charge in [-0.15, -0.1) is 0 Å². The summed E-state index contributed by atoms with van der Waals surface area (Å²) in [4.78, 5) is 12.4. The predicted molar refractivity (Wildman–Crippen MR) is 93.6 cm³/mol. The minimum atomic E-state index is -0.537. The number of halogens is 2. The molecule has 5 nitrogen and oxygen atoms in total. The zero-order chi connectivity index (χ0) is 17.0. The number of hydrogen-bond donors (Lipinski definition) is 2. The molecule has 1 aromatic carbocycles. The molecule has 2 N–H and O–H groups in total. The Morgan fingerprint density at radius 3 is 2.78 bits per heavy atom. The van der Waals surface area contributed by atoms with E-state index in [0.29, 0.717) is 38.6 Å². The Bertz CT molecular complexity index is 664. The van der Waals surface area contributed by atoms with E-state index in [9.17, 15) is 4.79 Å². The van der Waals surface area contributed by atoms with Crippen LogP contribution in [0, 0.1) is 0 Å². The van der Waals surface area contributed by atoms with Gasteiger partial charge in [0.2, 0.25) is 0 Å². The number of allylic oxidation sites excluding steroid dienone is 1. The quantitative estimate of drug-likeness (QED) is 0.469. The van der Waals surface area contributed by atoms with E-state index in [1.165, 1.54) is 7.11 Å². The summed E-state index contributed by atoms with van der Waals surface area (Å²) in [5, 5.41) is 7.14. The third kappa shape index (κ3) is 4.14. The number of benzene rings is 1. The third-order valence-corrected chi connectivity index (χ3v) is 4.36. The van der Waals surface area contributed by atoms with Gasteiger partial charge in [0.1, 0.15) is 6.61 Å². The fourth-order valence-corrected chi connectivity index (χ4v) is 2.92. The van der Waals surface area contributed by atoms with E-state index in [4.69, 9.17) is 44.9 Å². The van der Waals surface area contributed by atoms with Crippen molar-refractivity contribution in [2.75, 3.05) is 20.3 Å². The summed E-state index contributed by atoms with van der Waals surface area (Å²) in [5.74, 6) is -0.469. The van der Waals surface area contributed by atoms with Crippen molar-refractivity contribution in [1.29, 1.82) is 0 Å². The van der Waals surface area contributed by atoms with E-state index in [0.717, 1.165) is 0 Å². The van der Waals surface area contributed by atoms with Crippen LogP contribution < -0.4 is 10.6 Å². The molecule has 1 aromatic rings. The van der Waals surface area contributed by atoms with Crippen LogP contribution in [0.3, 0.4) is 0 Å². The molecule has 0 amide bonds. The second-order valence-electron chi connectivity index (χ2n) is 4.84. The molecule has 0 aliphatic carbocycles. The van der Waals surface area contributed by atoms with Crippen molar-refractivity contribution in [3.8, 4) is 0 Å². The minimum Gasteiger partial charge on any atom is -0.460 e. The van der Waals surface area contributed by atoms with Crippen LogP contribution in [0.2, 0.25) is 10.0 Å². The van der Waals surface area contributed by atoms with Crippen molar-refractivity contribution in [3.63, 3.8) is 0 Å². The Balaban J connectivity index is 2.38. The lowest BCUT2D eigenvalue weighted by Crippen LogP contribution is -2.45. The molecule has 2 rings (SSSR count). The van der Waals surface area contributed by atoms with Crippen molar-refractivity contribution in [1.82, 2.24) is 10.6 Å². The number of hydrogen-bond acceptors (Lipinski definition) is 4. The summed E-state index contributed by atoms with van der Waals surface area (Å²) in [5.41, 5.74) is 1.66. The number of carbonyl (C=O) groups is 1. The van der Waals surface area contributed by atoms with Crippen LogP contribution in [0.25, 0.3) is 0 Å². The first-order valence-electron chi connectivity index (χ1n) is 6.84. The van der Waals surface area contributed by atoms with Gasteiger partial charge in [0.05, 0.1) is 28.3 Å². The number of methoxy groups -OCH3 is 1. The van der Waals surface area contributed by atoms with Gasteiger partial charge in [0, 0.05) is 12.8 Å². The van der Waals surface area contributed by atoms with Gasteiger partial charge < -0.3 is 20.1 Å². The minimum absolute atomic E-state index is 0.159. The highest BCUT2D eigenvalue weighted by Crippen LogP contribution is 2.35. The molecule has 0 saturated carbocycles. The van der Waals surface area contributed by atoms with E-state index in [1.807, 2.05) is 0 Å². The predicted octanol–water partition coefficient (Wildman–Crippen LogP) is 2.98. The largest absolute Gasteiger partial charge is 0.460 e. The maximum absolute atomic E-state index is 12.4. The number of thiocarbonyl (C=S) groups is 1. The molecule has 1 heterocycles. The van der Waals surface area contributed by atoms with E-state index < -0.39 is 12.0 Å². The van der Waals surface area contributed by atoms with Gasteiger partial charge in [-0.1, -0.05) is 35.3 Å². The van der Waals surface area contributed by atoms with Gasteiger partial charge in [-0.2, -0.15) is 0 Å². The molecule has 8 heteroatoms. The highest BCUT2D eigenvalue weighted by Gasteiger charge is 2.32. The molecule has 124 valence electrons. The first kappa shape index (κ1) is 18.0. The molecule has 0 unspecified atom stereocenters. The van der Waals surface area contributed by atoms with E-state index >= 15 is 0 Å². The summed E-state index contributed by atoms with van der Waals surface area (Å²) >= 11 is 17.5. The summed E-state index contributed by atoms with van der Waals surface area (Å²) in [6.07, 6.45) is 0. The van der Waals surface area contributed by atoms with Gasteiger partial charge in [-0.05, 0) is 30.8 Å². The van der Waals surface area contributed by atoms with Gasteiger partial charge in [-0.25, -0.2) is 4.79 Å². The molecule has 0 bridgehead atoms. The molecule has 0 aromatic heterocycles. The second kappa shape index (κ2) is 7.97. The summed E-state index contributed by atoms with van der Waals surface area (Å²) in [7, 11) is 1.54. The number of ether oxygens (including phenoxy) is 2. The van der Waals surface area contributed by atoms with Crippen LogP contribution in [0.5, 0.6) is 0 Å². The molecule has 0 radical (unpaired) electrons. The highest BCUT2D eigenvalue weighted by molar-refractivity contribution is 7.80. The number of carbonyl (C=O) groups excluding carboxylic acids is 1. The van der Waals surface area contributed by atoms with Gasteiger partial charge in [0.25, 0.3) is 0 Å². The fraction of sp³-hybridized carbons (Fsp3) is 0.333.